The van der Waals surface area contributed by atoms with E-state index in [0.717, 1.165) is 17.1 Å². The summed E-state index contributed by atoms with van der Waals surface area (Å²) in [4.78, 5) is 0. The number of hydrogen-bond donors (Lipinski definition) is 0. The van der Waals surface area contributed by atoms with E-state index in [1.807, 2.05) is 49.7 Å². The van der Waals surface area contributed by atoms with Gasteiger partial charge in [0.15, 0.2) is 0 Å². The van der Waals surface area contributed by atoms with Crippen LogP contribution < -0.4 is 0 Å². The molecule has 0 aliphatic carbocycles. The van der Waals surface area contributed by atoms with Crippen LogP contribution in [-0.2, 0) is 0 Å². The van der Waals surface area contributed by atoms with Gasteiger partial charge in [0.05, 0.1) is 22.6 Å². The quantitative estimate of drug-likeness (QED) is 0.727. The average Bonchev–Trinajstić information content (AvgIpc) is 2.55. The first-order chi connectivity index (χ1) is 7.63. The Morgan fingerprint density at radius 2 is 1.75 bits per heavy atom. The number of nitrogens with zero attached hydrogens (tertiary/aromatic N) is 3. The normalized spacial score (nSPS) is 10.1. The van der Waals surface area contributed by atoms with Gasteiger partial charge in [-0.2, -0.15) is 10.4 Å². The molecule has 0 aliphatic rings. The number of benzene rings is 1. The summed E-state index contributed by atoms with van der Waals surface area (Å²) in [6.45, 7) is 5.82. The fourth-order valence-electron chi connectivity index (χ4n) is 1.74. The van der Waals surface area contributed by atoms with Crippen LogP contribution in [-0.4, -0.2) is 9.78 Å². The minimum absolute atomic E-state index is 0.667. The summed E-state index contributed by atoms with van der Waals surface area (Å²) in [7, 11) is 0. The molecule has 3 nitrogen and oxygen atoms in total. The van der Waals surface area contributed by atoms with Crippen LogP contribution in [0.2, 0.25) is 0 Å². The molecule has 1 aromatic carbocycles. The zero-order valence-electron chi connectivity index (χ0n) is 9.65. The molecule has 0 fully saturated rings. The van der Waals surface area contributed by atoms with Crippen molar-refractivity contribution in [2.45, 2.75) is 20.8 Å². The van der Waals surface area contributed by atoms with Crippen LogP contribution in [0.15, 0.2) is 24.3 Å². The lowest BCUT2D eigenvalue weighted by molar-refractivity contribution is 0.833. The fraction of sp³-hybridized carbons (Fsp3) is 0.231. The van der Waals surface area contributed by atoms with Crippen LogP contribution >= 0.6 is 0 Å². The van der Waals surface area contributed by atoms with E-state index in [4.69, 9.17) is 5.26 Å². The Labute approximate surface area is 94.9 Å². The van der Waals surface area contributed by atoms with Gasteiger partial charge in [-0.25, -0.2) is 4.68 Å². The molecule has 0 N–H and O–H groups in total. The first-order valence-corrected chi connectivity index (χ1v) is 5.17. The fourth-order valence-corrected chi connectivity index (χ4v) is 1.74. The highest BCUT2D eigenvalue weighted by atomic mass is 15.3. The molecule has 0 saturated carbocycles. The van der Waals surface area contributed by atoms with Gasteiger partial charge in [0.2, 0.25) is 0 Å². The molecule has 0 bridgehead atoms. The highest BCUT2D eigenvalue weighted by Crippen LogP contribution is 2.17. The van der Waals surface area contributed by atoms with Gasteiger partial charge in [0, 0.05) is 0 Å². The second-order valence-corrected chi connectivity index (χ2v) is 3.90. The molecule has 0 spiro atoms. The maximum absolute atomic E-state index is 9.00. The molecular formula is C13H13N3. The van der Waals surface area contributed by atoms with Gasteiger partial charge in [-0.05, 0) is 32.9 Å². The van der Waals surface area contributed by atoms with Crippen LogP contribution in [0, 0.1) is 32.1 Å². The Balaban J connectivity index is 2.58. The second kappa shape index (κ2) is 3.82. The van der Waals surface area contributed by atoms with Crippen LogP contribution in [0.4, 0.5) is 0 Å². The molecule has 2 rings (SSSR count). The third-order valence-electron chi connectivity index (χ3n) is 2.68. The van der Waals surface area contributed by atoms with Gasteiger partial charge >= 0.3 is 0 Å². The van der Waals surface area contributed by atoms with Crippen LogP contribution in [0.5, 0.6) is 0 Å². The first kappa shape index (κ1) is 10.4. The van der Waals surface area contributed by atoms with Crippen molar-refractivity contribution >= 4 is 0 Å². The Kier molecular flexibility index (Phi) is 2.49. The van der Waals surface area contributed by atoms with Crippen molar-refractivity contribution in [1.29, 1.82) is 5.26 Å². The smallest absolute Gasteiger partial charge is 0.103 e. The van der Waals surface area contributed by atoms with E-state index >= 15 is 0 Å². The SMILES string of the molecule is Cc1ccc(-n2nc(C)c(C#N)c2C)cc1. The van der Waals surface area contributed by atoms with E-state index < -0.39 is 0 Å². The van der Waals surface area contributed by atoms with Crippen molar-refractivity contribution in [1.82, 2.24) is 9.78 Å². The molecule has 1 heterocycles. The van der Waals surface area contributed by atoms with Crippen LogP contribution in [0.25, 0.3) is 5.69 Å². The topological polar surface area (TPSA) is 41.6 Å². The summed E-state index contributed by atoms with van der Waals surface area (Å²) in [6, 6.07) is 10.3. The van der Waals surface area contributed by atoms with Crippen molar-refractivity contribution in [3.63, 3.8) is 0 Å². The van der Waals surface area contributed by atoms with Gasteiger partial charge in [-0.15, -0.1) is 0 Å². The number of rotatable bonds is 1. The Hall–Kier alpha value is -2.08. The zero-order valence-corrected chi connectivity index (χ0v) is 9.65. The molecule has 3 heteroatoms. The van der Waals surface area contributed by atoms with Crippen molar-refractivity contribution in [3.05, 3.63) is 46.8 Å². The predicted octanol–water partition coefficient (Wildman–Crippen LogP) is 2.67. The van der Waals surface area contributed by atoms with Gasteiger partial charge in [-0.3, -0.25) is 0 Å². The number of hydrogen-bond acceptors (Lipinski definition) is 2. The summed E-state index contributed by atoms with van der Waals surface area (Å²) in [5.41, 5.74) is 4.54. The third kappa shape index (κ3) is 1.59. The summed E-state index contributed by atoms with van der Waals surface area (Å²) in [5, 5.41) is 13.4. The van der Waals surface area contributed by atoms with Crippen molar-refractivity contribution in [2.24, 2.45) is 0 Å². The minimum atomic E-state index is 0.667. The average molecular weight is 211 g/mol. The second-order valence-electron chi connectivity index (χ2n) is 3.90. The summed E-state index contributed by atoms with van der Waals surface area (Å²) < 4.78 is 1.81. The minimum Gasteiger partial charge on any atom is -0.236 e. The van der Waals surface area contributed by atoms with E-state index in [0.29, 0.717) is 5.56 Å². The Morgan fingerprint density at radius 3 is 2.25 bits per heavy atom. The molecule has 0 aliphatic heterocycles. The van der Waals surface area contributed by atoms with E-state index in [1.54, 1.807) is 0 Å². The Bertz CT molecular complexity index is 556. The lowest BCUT2D eigenvalue weighted by atomic mass is 10.2. The molecule has 0 atom stereocenters. The summed E-state index contributed by atoms with van der Waals surface area (Å²) in [6.07, 6.45) is 0. The largest absolute Gasteiger partial charge is 0.236 e. The van der Waals surface area contributed by atoms with Gasteiger partial charge in [0.25, 0.3) is 0 Å². The van der Waals surface area contributed by atoms with Gasteiger partial charge < -0.3 is 0 Å². The third-order valence-corrected chi connectivity index (χ3v) is 2.68. The van der Waals surface area contributed by atoms with Crippen molar-refractivity contribution in [2.75, 3.05) is 0 Å². The number of nitriles is 1. The van der Waals surface area contributed by atoms with E-state index in [-0.39, 0.29) is 0 Å². The standard InChI is InChI=1S/C13H13N3/c1-9-4-6-12(7-5-9)16-11(3)13(8-14)10(2)15-16/h4-7H,1-3H3. The van der Waals surface area contributed by atoms with Gasteiger partial charge in [0.1, 0.15) is 6.07 Å². The molecule has 0 unspecified atom stereocenters. The molecular weight excluding hydrogens is 198 g/mol. The van der Waals surface area contributed by atoms with Crippen LogP contribution in [0.3, 0.4) is 0 Å². The molecule has 80 valence electrons. The summed E-state index contributed by atoms with van der Waals surface area (Å²) >= 11 is 0. The predicted molar refractivity (Wildman–Crippen MR) is 62.5 cm³/mol. The molecule has 0 saturated heterocycles. The number of aromatic nitrogens is 2. The zero-order chi connectivity index (χ0) is 11.7. The monoisotopic (exact) mass is 211 g/mol. The lowest BCUT2D eigenvalue weighted by Gasteiger charge is -2.04. The van der Waals surface area contributed by atoms with Crippen molar-refractivity contribution in [3.8, 4) is 11.8 Å². The van der Waals surface area contributed by atoms with Crippen LogP contribution in [0.1, 0.15) is 22.5 Å². The highest BCUT2D eigenvalue weighted by Gasteiger charge is 2.11. The maximum atomic E-state index is 9.00. The van der Waals surface area contributed by atoms with E-state index in [2.05, 4.69) is 11.2 Å². The van der Waals surface area contributed by atoms with Gasteiger partial charge in [-0.1, -0.05) is 17.7 Å². The Morgan fingerprint density at radius 1 is 1.12 bits per heavy atom. The van der Waals surface area contributed by atoms with E-state index in [9.17, 15) is 0 Å². The lowest BCUT2D eigenvalue weighted by Crippen LogP contribution is -1.98. The molecule has 0 radical (unpaired) electrons. The molecule has 2 aromatic rings. The first-order valence-electron chi connectivity index (χ1n) is 5.17. The van der Waals surface area contributed by atoms with Crippen molar-refractivity contribution < 1.29 is 0 Å². The van der Waals surface area contributed by atoms with E-state index in [1.165, 1.54) is 5.56 Å². The molecule has 1 aromatic heterocycles. The number of aryl methyl sites for hydroxylation is 2. The highest BCUT2D eigenvalue weighted by molar-refractivity contribution is 5.43. The molecule has 16 heavy (non-hydrogen) atoms. The summed E-state index contributed by atoms with van der Waals surface area (Å²) in [5.74, 6) is 0. The molecule has 0 amide bonds. The maximum Gasteiger partial charge on any atom is 0.103 e.